The van der Waals surface area contributed by atoms with Crippen LogP contribution in [0, 0.1) is 12.0 Å². The molecule has 11 heavy (non-hydrogen) atoms. The first-order chi connectivity index (χ1) is 5.16. The second kappa shape index (κ2) is 5.30. The zero-order valence-corrected chi connectivity index (χ0v) is 6.09. The number of carbonyl (C=O) groups excluding carboxylic acids is 2. The topological polar surface area (TPSA) is 63.6 Å². The fraction of sp³-hybridized carbons (Fsp3) is 0.429. The highest BCUT2D eigenvalue weighted by atomic mass is 16.5. The SMILES string of the molecule is CC(=O)CC(=O)OCC#CO. The minimum absolute atomic E-state index is 0.178. The molecule has 0 radical (unpaired) electrons. The van der Waals surface area contributed by atoms with Gasteiger partial charge in [0.25, 0.3) is 0 Å². The molecule has 4 heteroatoms. The molecule has 4 nitrogen and oxygen atoms in total. The summed E-state index contributed by atoms with van der Waals surface area (Å²) in [5.41, 5.74) is 0. The highest BCUT2D eigenvalue weighted by Crippen LogP contribution is 1.86. The van der Waals surface area contributed by atoms with Crippen molar-refractivity contribution in [2.75, 3.05) is 6.61 Å². The van der Waals surface area contributed by atoms with Crippen molar-refractivity contribution in [3.05, 3.63) is 0 Å². The quantitative estimate of drug-likeness (QED) is 0.350. The molecule has 0 aromatic rings. The number of Topliss-reactive ketones (excluding diaryl/α,β-unsaturated/α-hetero) is 1. The summed E-state index contributed by atoms with van der Waals surface area (Å²) in [6.45, 7) is 1.11. The van der Waals surface area contributed by atoms with Crippen molar-refractivity contribution in [1.82, 2.24) is 0 Å². The van der Waals surface area contributed by atoms with Crippen LogP contribution >= 0.6 is 0 Å². The molecule has 0 unspecified atom stereocenters. The van der Waals surface area contributed by atoms with E-state index in [2.05, 4.69) is 10.7 Å². The maximum atomic E-state index is 10.5. The molecule has 0 aromatic carbocycles. The number of aliphatic hydroxyl groups is 1. The largest absolute Gasteiger partial charge is 0.462 e. The van der Waals surface area contributed by atoms with Gasteiger partial charge in [-0.25, -0.2) is 0 Å². The monoisotopic (exact) mass is 156 g/mol. The van der Waals surface area contributed by atoms with Crippen molar-refractivity contribution in [2.24, 2.45) is 0 Å². The average molecular weight is 156 g/mol. The van der Waals surface area contributed by atoms with Crippen LogP contribution in [0.5, 0.6) is 0 Å². The van der Waals surface area contributed by atoms with Gasteiger partial charge in [0.05, 0.1) is 0 Å². The Morgan fingerprint density at radius 1 is 1.55 bits per heavy atom. The lowest BCUT2D eigenvalue weighted by Gasteiger charge is -1.95. The molecule has 0 rings (SSSR count). The number of hydrogen-bond acceptors (Lipinski definition) is 4. The maximum absolute atomic E-state index is 10.5. The molecular formula is C7H8O4. The van der Waals surface area contributed by atoms with Gasteiger partial charge >= 0.3 is 5.97 Å². The van der Waals surface area contributed by atoms with Gasteiger partial charge in [-0.2, -0.15) is 0 Å². The van der Waals surface area contributed by atoms with E-state index in [0.717, 1.165) is 0 Å². The summed E-state index contributed by atoms with van der Waals surface area (Å²) in [5, 5.41) is 7.94. The maximum Gasteiger partial charge on any atom is 0.314 e. The molecule has 0 aliphatic carbocycles. The Morgan fingerprint density at radius 3 is 2.64 bits per heavy atom. The van der Waals surface area contributed by atoms with Gasteiger partial charge < -0.3 is 9.84 Å². The summed E-state index contributed by atoms with van der Waals surface area (Å²) < 4.78 is 4.40. The third-order valence-electron chi connectivity index (χ3n) is 0.778. The van der Waals surface area contributed by atoms with E-state index in [4.69, 9.17) is 5.11 Å². The molecule has 1 N–H and O–H groups in total. The van der Waals surface area contributed by atoms with Gasteiger partial charge in [-0.3, -0.25) is 9.59 Å². The van der Waals surface area contributed by atoms with Crippen LogP contribution in [-0.4, -0.2) is 23.5 Å². The second-order valence-electron chi connectivity index (χ2n) is 1.83. The molecule has 0 spiro atoms. The number of ether oxygens (including phenoxy) is 1. The predicted molar refractivity (Wildman–Crippen MR) is 36.0 cm³/mol. The van der Waals surface area contributed by atoms with Crippen LogP contribution in [0.15, 0.2) is 0 Å². The molecule has 0 atom stereocenters. The van der Waals surface area contributed by atoms with Crippen LogP contribution < -0.4 is 0 Å². The molecule has 0 amide bonds. The van der Waals surface area contributed by atoms with E-state index in [9.17, 15) is 9.59 Å². The molecule has 0 saturated heterocycles. The first-order valence-electron chi connectivity index (χ1n) is 2.94. The summed E-state index contributed by atoms with van der Waals surface area (Å²) in [6, 6.07) is 0. The Bertz CT molecular complexity index is 208. The molecule has 0 fully saturated rings. The summed E-state index contributed by atoms with van der Waals surface area (Å²) in [4.78, 5) is 20.8. The van der Waals surface area contributed by atoms with Crippen molar-refractivity contribution in [1.29, 1.82) is 0 Å². The number of rotatable bonds is 3. The number of ketones is 1. The van der Waals surface area contributed by atoms with Gasteiger partial charge in [0, 0.05) is 0 Å². The molecule has 0 aliphatic heterocycles. The van der Waals surface area contributed by atoms with E-state index >= 15 is 0 Å². The Kier molecular flexibility index (Phi) is 4.58. The average Bonchev–Trinajstić information content (AvgIpc) is 1.86. The molecular weight excluding hydrogens is 148 g/mol. The van der Waals surface area contributed by atoms with E-state index in [-0.39, 0.29) is 18.8 Å². The van der Waals surface area contributed by atoms with Crippen LogP contribution in [0.25, 0.3) is 0 Å². The first kappa shape index (κ1) is 9.50. The lowest BCUT2D eigenvalue weighted by atomic mass is 10.3. The molecule has 0 aliphatic rings. The summed E-state index contributed by atoms with van der Waals surface area (Å²) >= 11 is 0. The number of esters is 1. The fourth-order valence-corrected chi connectivity index (χ4v) is 0.403. The van der Waals surface area contributed by atoms with Gasteiger partial charge in [0.1, 0.15) is 18.3 Å². The number of carbonyl (C=O) groups is 2. The predicted octanol–water partition coefficient (Wildman–Crippen LogP) is -0.158. The molecule has 0 bridgehead atoms. The summed E-state index contributed by atoms with van der Waals surface area (Å²) in [7, 11) is 0. The van der Waals surface area contributed by atoms with E-state index in [1.54, 1.807) is 6.11 Å². The Labute approximate surface area is 64.2 Å². The zero-order chi connectivity index (χ0) is 8.69. The van der Waals surface area contributed by atoms with Crippen molar-refractivity contribution < 1.29 is 19.4 Å². The minimum Gasteiger partial charge on any atom is -0.462 e. The Morgan fingerprint density at radius 2 is 2.18 bits per heavy atom. The highest BCUT2D eigenvalue weighted by Gasteiger charge is 2.04. The Hall–Kier alpha value is -1.50. The van der Waals surface area contributed by atoms with E-state index in [0.29, 0.717) is 0 Å². The van der Waals surface area contributed by atoms with E-state index in [1.807, 2.05) is 0 Å². The number of hydrogen-bond donors (Lipinski definition) is 1. The van der Waals surface area contributed by atoms with Crippen molar-refractivity contribution >= 4 is 11.8 Å². The third kappa shape index (κ3) is 6.38. The molecule has 60 valence electrons. The normalized spacial score (nSPS) is 7.73. The molecule has 0 aromatic heterocycles. The molecule has 0 heterocycles. The fourth-order valence-electron chi connectivity index (χ4n) is 0.403. The van der Waals surface area contributed by atoms with E-state index < -0.39 is 5.97 Å². The zero-order valence-electron chi connectivity index (χ0n) is 6.09. The van der Waals surface area contributed by atoms with Gasteiger partial charge in [0.2, 0.25) is 0 Å². The van der Waals surface area contributed by atoms with Crippen molar-refractivity contribution in [2.45, 2.75) is 13.3 Å². The van der Waals surface area contributed by atoms with Crippen LogP contribution in [0.2, 0.25) is 0 Å². The van der Waals surface area contributed by atoms with Crippen molar-refractivity contribution in [3.63, 3.8) is 0 Å². The third-order valence-corrected chi connectivity index (χ3v) is 0.778. The second-order valence-corrected chi connectivity index (χ2v) is 1.83. The summed E-state index contributed by atoms with van der Waals surface area (Å²) in [5.74, 6) is 1.22. The van der Waals surface area contributed by atoms with Crippen molar-refractivity contribution in [3.8, 4) is 12.0 Å². The van der Waals surface area contributed by atoms with Gasteiger partial charge in [-0.05, 0) is 12.8 Å². The lowest BCUT2D eigenvalue weighted by Crippen LogP contribution is -2.08. The van der Waals surface area contributed by atoms with E-state index in [1.165, 1.54) is 6.92 Å². The molecule has 0 saturated carbocycles. The van der Waals surface area contributed by atoms with Crippen LogP contribution in [0.4, 0.5) is 0 Å². The highest BCUT2D eigenvalue weighted by molar-refractivity contribution is 5.94. The summed E-state index contributed by atoms with van der Waals surface area (Å²) in [6.07, 6.45) is 1.32. The van der Waals surface area contributed by atoms with Gasteiger partial charge in [-0.15, -0.1) is 0 Å². The Balaban J connectivity index is 3.51. The minimum atomic E-state index is -0.625. The van der Waals surface area contributed by atoms with Crippen LogP contribution in [-0.2, 0) is 14.3 Å². The van der Waals surface area contributed by atoms with Crippen LogP contribution in [0.1, 0.15) is 13.3 Å². The number of aliphatic hydroxyl groups excluding tert-OH is 1. The lowest BCUT2D eigenvalue weighted by molar-refractivity contribution is -0.144. The van der Waals surface area contributed by atoms with Gasteiger partial charge in [0.15, 0.2) is 6.61 Å². The smallest absolute Gasteiger partial charge is 0.314 e. The van der Waals surface area contributed by atoms with Crippen LogP contribution in [0.3, 0.4) is 0 Å². The first-order valence-corrected chi connectivity index (χ1v) is 2.94. The van der Waals surface area contributed by atoms with Gasteiger partial charge in [-0.1, -0.05) is 0 Å². The standard InChI is InChI=1S/C7H8O4/c1-6(9)5-7(10)11-4-2-3-8/h8H,4-5H2,1H3.